The molecule has 0 atom stereocenters. The van der Waals surface area contributed by atoms with E-state index < -0.39 is 0 Å². The lowest BCUT2D eigenvalue weighted by molar-refractivity contribution is 0.669. The highest BCUT2D eigenvalue weighted by molar-refractivity contribution is 6.18. The predicted molar refractivity (Wildman–Crippen MR) is 235 cm³/mol. The summed E-state index contributed by atoms with van der Waals surface area (Å²) in [6.07, 6.45) is 0. The second kappa shape index (κ2) is 12.0. The minimum absolute atomic E-state index is 0.880. The molecule has 0 amide bonds. The molecule has 0 unspecified atom stereocenters. The van der Waals surface area contributed by atoms with E-state index in [0.717, 1.165) is 50.4 Å². The van der Waals surface area contributed by atoms with Gasteiger partial charge in [0.2, 0.25) is 0 Å². The van der Waals surface area contributed by atoms with Gasteiger partial charge >= 0.3 is 0 Å². The van der Waals surface area contributed by atoms with E-state index in [1.54, 1.807) is 0 Å². The molecule has 0 spiro atoms. The Kier molecular flexibility index (Phi) is 6.60. The summed E-state index contributed by atoms with van der Waals surface area (Å²) in [7, 11) is 0. The number of para-hydroxylation sites is 4. The third-order valence-corrected chi connectivity index (χ3v) is 11.5. The van der Waals surface area contributed by atoms with Gasteiger partial charge in [0.15, 0.2) is 0 Å². The maximum absolute atomic E-state index is 6.28. The molecule has 262 valence electrons. The summed E-state index contributed by atoms with van der Waals surface area (Å²) in [4.78, 5) is 2.38. The van der Waals surface area contributed by atoms with Crippen molar-refractivity contribution < 1.29 is 4.42 Å². The third-order valence-electron chi connectivity index (χ3n) is 11.5. The predicted octanol–water partition coefficient (Wildman–Crippen LogP) is 14.4. The van der Waals surface area contributed by atoms with Crippen LogP contribution in [0.15, 0.2) is 205 Å². The largest absolute Gasteiger partial charge is 0.456 e. The Morgan fingerprint density at radius 1 is 0.321 bits per heavy atom. The first-order chi connectivity index (χ1) is 27.8. The Morgan fingerprint density at radius 2 is 0.875 bits per heavy atom. The molecule has 4 heteroatoms. The molecule has 0 aliphatic rings. The zero-order valence-electron chi connectivity index (χ0n) is 30.3. The van der Waals surface area contributed by atoms with Gasteiger partial charge in [-0.3, -0.25) is 0 Å². The van der Waals surface area contributed by atoms with Crippen LogP contribution in [0.4, 0.5) is 17.1 Å². The molecule has 56 heavy (non-hydrogen) atoms. The first-order valence-corrected chi connectivity index (χ1v) is 19.1. The summed E-state index contributed by atoms with van der Waals surface area (Å²) in [5.74, 6) is 0. The zero-order valence-corrected chi connectivity index (χ0v) is 30.3. The molecule has 0 aliphatic carbocycles. The molecule has 0 fully saturated rings. The summed E-state index contributed by atoms with van der Waals surface area (Å²) in [6.45, 7) is 0. The van der Waals surface area contributed by atoms with E-state index in [-0.39, 0.29) is 0 Å². The Morgan fingerprint density at radius 3 is 1.68 bits per heavy atom. The second-order valence-corrected chi connectivity index (χ2v) is 14.6. The first kappa shape index (κ1) is 30.9. The smallest absolute Gasteiger partial charge is 0.135 e. The fraction of sp³-hybridized carbons (Fsp3) is 0. The van der Waals surface area contributed by atoms with Crippen LogP contribution in [0.25, 0.3) is 87.7 Å². The lowest BCUT2D eigenvalue weighted by Crippen LogP contribution is -2.10. The molecule has 0 saturated carbocycles. The van der Waals surface area contributed by atoms with E-state index >= 15 is 0 Å². The highest BCUT2D eigenvalue weighted by Crippen LogP contribution is 2.43. The number of benzene rings is 9. The quantitative estimate of drug-likeness (QED) is 0.177. The summed E-state index contributed by atoms with van der Waals surface area (Å²) in [6, 6.07) is 72.1. The van der Waals surface area contributed by atoms with E-state index in [0.29, 0.717) is 0 Å². The maximum atomic E-state index is 6.28. The molecule has 4 nitrogen and oxygen atoms in total. The molecule has 0 saturated heterocycles. The molecule has 3 aromatic heterocycles. The molecule has 12 aromatic rings. The van der Waals surface area contributed by atoms with Crippen LogP contribution in [0.3, 0.4) is 0 Å². The van der Waals surface area contributed by atoms with Crippen molar-refractivity contribution >= 4 is 93.4 Å². The fourth-order valence-corrected chi connectivity index (χ4v) is 9.00. The Hall–Kier alpha value is -7.56. The summed E-state index contributed by atoms with van der Waals surface area (Å²) < 4.78 is 11.1. The summed E-state index contributed by atoms with van der Waals surface area (Å²) in [5.41, 5.74) is 12.0. The highest BCUT2D eigenvalue weighted by atomic mass is 16.3. The highest BCUT2D eigenvalue weighted by Gasteiger charge is 2.20. The van der Waals surface area contributed by atoms with Crippen LogP contribution in [0.1, 0.15) is 0 Å². The van der Waals surface area contributed by atoms with Gasteiger partial charge in [-0.25, -0.2) is 0 Å². The van der Waals surface area contributed by atoms with Crippen molar-refractivity contribution in [1.82, 2.24) is 9.13 Å². The summed E-state index contributed by atoms with van der Waals surface area (Å²) >= 11 is 0. The standard InChI is InChI=1S/C52H33N3O/c1-2-13-35(14-3-1)54-47-19-9-7-17-42(47)45-32-38(27-30-49(45)54)53(39-28-31-51-46(33-39)43-18-8-11-21-50(43)56-51)36-23-25-37(26-24-36)55-48-20-10-6-16-41(48)44-29-22-34-12-4-5-15-40(34)52(44)55/h1-33H. The van der Waals surface area contributed by atoms with E-state index in [1.807, 2.05) is 12.1 Å². The van der Waals surface area contributed by atoms with Crippen LogP contribution in [-0.4, -0.2) is 9.13 Å². The summed E-state index contributed by atoms with van der Waals surface area (Å²) in [5, 5.41) is 9.62. The molecular weight excluding hydrogens is 683 g/mol. The van der Waals surface area contributed by atoms with Crippen molar-refractivity contribution in [3.8, 4) is 11.4 Å². The van der Waals surface area contributed by atoms with Crippen LogP contribution < -0.4 is 4.90 Å². The third kappa shape index (κ3) is 4.53. The van der Waals surface area contributed by atoms with Gasteiger partial charge in [0.1, 0.15) is 11.2 Å². The number of aromatic nitrogens is 2. The van der Waals surface area contributed by atoms with Crippen LogP contribution in [-0.2, 0) is 0 Å². The van der Waals surface area contributed by atoms with Crippen LogP contribution in [0, 0.1) is 0 Å². The van der Waals surface area contributed by atoms with Gasteiger partial charge in [-0.1, -0.05) is 109 Å². The van der Waals surface area contributed by atoms with Gasteiger partial charge < -0.3 is 18.5 Å². The minimum atomic E-state index is 0.880. The van der Waals surface area contributed by atoms with E-state index in [1.165, 1.54) is 54.4 Å². The molecule has 0 radical (unpaired) electrons. The maximum Gasteiger partial charge on any atom is 0.135 e. The Labute approximate surface area is 322 Å². The van der Waals surface area contributed by atoms with Gasteiger partial charge in [0, 0.05) is 66.1 Å². The van der Waals surface area contributed by atoms with Crippen molar-refractivity contribution in [3.05, 3.63) is 200 Å². The van der Waals surface area contributed by atoms with Crippen LogP contribution in [0.5, 0.6) is 0 Å². The van der Waals surface area contributed by atoms with Gasteiger partial charge in [-0.15, -0.1) is 0 Å². The van der Waals surface area contributed by atoms with Crippen molar-refractivity contribution in [2.24, 2.45) is 0 Å². The number of nitrogens with zero attached hydrogens (tertiary/aromatic N) is 3. The number of furan rings is 1. The number of anilines is 3. The number of fused-ring (bicyclic) bond motifs is 11. The number of hydrogen-bond donors (Lipinski definition) is 0. The second-order valence-electron chi connectivity index (χ2n) is 14.6. The molecule has 0 aliphatic heterocycles. The zero-order chi connectivity index (χ0) is 36.7. The molecule has 0 N–H and O–H groups in total. The average Bonchev–Trinajstić information content (AvgIpc) is 3.92. The molecule has 12 rings (SSSR count). The van der Waals surface area contributed by atoms with Crippen molar-refractivity contribution in [2.75, 3.05) is 4.90 Å². The van der Waals surface area contributed by atoms with E-state index in [2.05, 4.69) is 202 Å². The Balaban J connectivity index is 1.08. The van der Waals surface area contributed by atoms with Gasteiger partial charge in [0.25, 0.3) is 0 Å². The lowest BCUT2D eigenvalue weighted by atomic mass is 10.1. The van der Waals surface area contributed by atoms with E-state index in [4.69, 9.17) is 4.42 Å². The topological polar surface area (TPSA) is 26.2 Å². The Bertz CT molecular complexity index is 3480. The molecular formula is C52H33N3O. The lowest BCUT2D eigenvalue weighted by Gasteiger charge is -2.26. The van der Waals surface area contributed by atoms with Gasteiger partial charge in [-0.05, 0) is 96.4 Å². The van der Waals surface area contributed by atoms with Crippen molar-refractivity contribution in [3.63, 3.8) is 0 Å². The monoisotopic (exact) mass is 715 g/mol. The minimum Gasteiger partial charge on any atom is -0.456 e. The number of hydrogen-bond acceptors (Lipinski definition) is 2. The molecule has 9 aromatic carbocycles. The number of rotatable bonds is 5. The van der Waals surface area contributed by atoms with Crippen LogP contribution in [0.2, 0.25) is 0 Å². The average molecular weight is 716 g/mol. The molecule has 0 bridgehead atoms. The first-order valence-electron chi connectivity index (χ1n) is 19.1. The van der Waals surface area contributed by atoms with Gasteiger partial charge in [0.05, 0.1) is 22.1 Å². The molecule has 3 heterocycles. The van der Waals surface area contributed by atoms with Crippen LogP contribution >= 0.6 is 0 Å². The van der Waals surface area contributed by atoms with Crippen molar-refractivity contribution in [1.29, 1.82) is 0 Å². The van der Waals surface area contributed by atoms with E-state index in [9.17, 15) is 0 Å². The fourth-order valence-electron chi connectivity index (χ4n) is 9.00. The van der Waals surface area contributed by atoms with Gasteiger partial charge in [-0.2, -0.15) is 0 Å². The van der Waals surface area contributed by atoms with Crippen molar-refractivity contribution in [2.45, 2.75) is 0 Å². The normalized spacial score (nSPS) is 11.9. The SMILES string of the molecule is c1ccc(-n2c3ccccc3c3cc(N(c4ccc(-n5c6ccccc6c6ccc7ccccc7c65)cc4)c4ccc5oc6ccccc6c5c4)ccc32)cc1.